The highest BCUT2D eigenvalue weighted by atomic mass is 19.1. The number of carbonyl (C=O) groups is 1. The van der Waals surface area contributed by atoms with Gasteiger partial charge in [-0.25, -0.2) is 4.39 Å². The molecule has 3 rings (SSSR count). The van der Waals surface area contributed by atoms with Crippen molar-refractivity contribution in [2.75, 3.05) is 5.73 Å². The molecule has 3 aromatic rings. The van der Waals surface area contributed by atoms with Crippen molar-refractivity contribution in [1.82, 2.24) is 0 Å². The lowest BCUT2D eigenvalue weighted by Crippen LogP contribution is -2.04. The molecule has 3 heteroatoms. The lowest BCUT2D eigenvalue weighted by atomic mass is 9.97. The Morgan fingerprint density at radius 1 is 0.950 bits per heavy atom. The molecule has 0 saturated heterocycles. The number of hydrogen-bond donors (Lipinski definition) is 1. The van der Waals surface area contributed by atoms with E-state index in [1.807, 2.05) is 36.4 Å². The largest absolute Gasteiger partial charge is 0.396 e. The molecule has 0 saturated carbocycles. The lowest BCUT2D eigenvalue weighted by molar-refractivity contribution is 0.104. The van der Waals surface area contributed by atoms with E-state index in [1.54, 1.807) is 6.07 Å². The third-order valence-corrected chi connectivity index (χ3v) is 3.29. The van der Waals surface area contributed by atoms with Gasteiger partial charge in [0.05, 0.1) is 5.69 Å². The zero-order valence-corrected chi connectivity index (χ0v) is 10.6. The van der Waals surface area contributed by atoms with Crippen molar-refractivity contribution in [1.29, 1.82) is 0 Å². The maximum absolute atomic E-state index is 13.2. The summed E-state index contributed by atoms with van der Waals surface area (Å²) in [6.07, 6.45) is 0. The van der Waals surface area contributed by atoms with E-state index >= 15 is 0 Å². The summed E-state index contributed by atoms with van der Waals surface area (Å²) in [7, 11) is 0. The molecule has 0 unspecified atom stereocenters. The number of halogens is 1. The molecule has 0 radical (unpaired) electrons. The second-order valence-corrected chi connectivity index (χ2v) is 4.59. The van der Waals surface area contributed by atoms with Crippen LogP contribution in [0.1, 0.15) is 15.9 Å². The van der Waals surface area contributed by atoms with Gasteiger partial charge in [-0.15, -0.1) is 0 Å². The van der Waals surface area contributed by atoms with Crippen LogP contribution in [0.15, 0.2) is 60.7 Å². The molecule has 0 spiro atoms. The Morgan fingerprint density at radius 2 is 1.70 bits per heavy atom. The summed E-state index contributed by atoms with van der Waals surface area (Å²) in [6, 6.07) is 17.3. The van der Waals surface area contributed by atoms with Crippen LogP contribution in [0.2, 0.25) is 0 Å². The molecule has 0 aliphatic carbocycles. The molecule has 0 aliphatic heterocycles. The summed E-state index contributed by atoms with van der Waals surface area (Å²) >= 11 is 0. The molecule has 0 fully saturated rings. The Bertz CT molecular complexity index is 806. The zero-order chi connectivity index (χ0) is 14.1. The van der Waals surface area contributed by atoms with Crippen molar-refractivity contribution < 1.29 is 9.18 Å². The normalized spacial score (nSPS) is 10.7. The molecule has 2 nitrogen and oxygen atoms in total. The van der Waals surface area contributed by atoms with Crippen molar-refractivity contribution in [3.05, 3.63) is 77.6 Å². The quantitative estimate of drug-likeness (QED) is 0.566. The van der Waals surface area contributed by atoms with E-state index in [1.165, 1.54) is 18.2 Å². The van der Waals surface area contributed by atoms with E-state index < -0.39 is 5.82 Å². The van der Waals surface area contributed by atoms with Crippen LogP contribution in [0.3, 0.4) is 0 Å². The van der Waals surface area contributed by atoms with Gasteiger partial charge in [0.25, 0.3) is 0 Å². The smallest absolute Gasteiger partial charge is 0.193 e. The van der Waals surface area contributed by atoms with Gasteiger partial charge in [0.15, 0.2) is 5.78 Å². The van der Waals surface area contributed by atoms with Gasteiger partial charge in [-0.2, -0.15) is 0 Å². The number of carbonyl (C=O) groups excluding carboxylic acids is 1. The molecule has 0 atom stereocenters. The van der Waals surface area contributed by atoms with Gasteiger partial charge >= 0.3 is 0 Å². The maximum Gasteiger partial charge on any atom is 0.193 e. The molecule has 20 heavy (non-hydrogen) atoms. The molecule has 3 aromatic carbocycles. The molecule has 0 amide bonds. The summed E-state index contributed by atoms with van der Waals surface area (Å²) in [5, 5.41) is 1.87. The summed E-state index contributed by atoms with van der Waals surface area (Å²) in [5.74, 6) is -0.673. The average molecular weight is 265 g/mol. The van der Waals surface area contributed by atoms with Crippen LogP contribution < -0.4 is 5.73 Å². The van der Waals surface area contributed by atoms with Gasteiger partial charge in [0.1, 0.15) is 5.82 Å². The minimum atomic E-state index is -0.514. The van der Waals surface area contributed by atoms with Gasteiger partial charge in [-0.3, -0.25) is 4.79 Å². The fourth-order valence-corrected chi connectivity index (χ4v) is 2.26. The molecule has 2 N–H and O–H groups in total. The van der Waals surface area contributed by atoms with Crippen molar-refractivity contribution in [2.45, 2.75) is 0 Å². The molecule has 98 valence electrons. The number of benzene rings is 3. The number of nitrogen functional groups attached to an aromatic ring is 1. The fraction of sp³-hybridized carbons (Fsp3) is 0. The first-order chi connectivity index (χ1) is 9.66. The standard InChI is InChI=1S/C17H12FNO/c18-15-9-8-12(10-16(15)19)17(20)14-7-3-5-11-4-1-2-6-13(11)14/h1-10H,19H2. The van der Waals surface area contributed by atoms with Crippen LogP contribution in [0.5, 0.6) is 0 Å². The predicted molar refractivity (Wildman–Crippen MR) is 78.2 cm³/mol. The molecule has 0 heterocycles. The Kier molecular flexibility index (Phi) is 2.95. The van der Waals surface area contributed by atoms with Crippen molar-refractivity contribution in [3.8, 4) is 0 Å². The van der Waals surface area contributed by atoms with E-state index in [4.69, 9.17) is 5.73 Å². The predicted octanol–water partition coefficient (Wildman–Crippen LogP) is 3.79. The van der Waals surface area contributed by atoms with Crippen LogP contribution in [0.4, 0.5) is 10.1 Å². The second-order valence-electron chi connectivity index (χ2n) is 4.59. The first-order valence-corrected chi connectivity index (χ1v) is 6.24. The summed E-state index contributed by atoms with van der Waals surface area (Å²) in [5.41, 5.74) is 6.49. The fourth-order valence-electron chi connectivity index (χ4n) is 2.26. The second kappa shape index (κ2) is 4.78. The monoisotopic (exact) mass is 265 g/mol. The number of fused-ring (bicyclic) bond motifs is 1. The SMILES string of the molecule is Nc1cc(C(=O)c2cccc3ccccc23)ccc1F. The first kappa shape index (κ1) is 12.4. The van der Waals surface area contributed by atoms with Gasteiger partial charge in [-0.05, 0) is 29.0 Å². The summed E-state index contributed by atoms with van der Waals surface area (Å²) in [6.45, 7) is 0. The first-order valence-electron chi connectivity index (χ1n) is 6.24. The number of hydrogen-bond acceptors (Lipinski definition) is 2. The third-order valence-electron chi connectivity index (χ3n) is 3.29. The van der Waals surface area contributed by atoms with Gasteiger partial charge in [0, 0.05) is 11.1 Å². The Labute approximate surface area is 115 Å². The van der Waals surface area contributed by atoms with Gasteiger partial charge in [-0.1, -0.05) is 42.5 Å². The van der Waals surface area contributed by atoms with Crippen LogP contribution in [-0.2, 0) is 0 Å². The van der Waals surface area contributed by atoms with Crippen LogP contribution in [-0.4, -0.2) is 5.78 Å². The van der Waals surface area contributed by atoms with Gasteiger partial charge in [0.2, 0.25) is 0 Å². The zero-order valence-electron chi connectivity index (χ0n) is 10.6. The Balaban J connectivity index is 2.15. The van der Waals surface area contributed by atoms with E-state index in [0.717, 1.165) is 10.8 Å². The van der Waals surface area contributed by atoms with Crippen molar-refractivity contribution >= 4 is 22.2 Å². The highest BCUT2D eigenvalue weighted by Gasteiger charge is 2.13. The Morgan fingerprint density at radius 3 is 2.50 bits per heavy atom. The lowest BCUT2D eigenvalue weighted by Gasteiger charge is -2.07. The highest BCUT2D eigenvalue weighted by molar-refractivity contribution is 6.16. The maximum atomic E-state index is 13.2. The molecular formula is C17H12FNO. The minimum absolute atomic E-state index is 0.0175. The molecular weight excluding hydrogens is 253 g/mol. The van der Waals surface area contributed by atoms with Crippen LogP contribution in [0, 0.1) is 5.82 Å². The number of ketones is 1. The summed E-state index contributed by atoms with van der Waals surface area (Å²) in [4.78, 5) is 12.5. The molecule has 0 bridgehead atoms. The van der Waals surface area contributed by atoms with E-state index in [2.05, 4.69) is 0 Å². The Hall–Kier alpha value is -2.68. The van der Waals surface area contributed by atoms with E-state index in [-0.39, 0.29) is 11.5 Å². The van der Waals surface area contributed by atoms with E-state index in [9.17, 15) is 9.18 Å². The van der Waals surface area contributed by atoms with Crippen molar-refractivity contribution in [2.24, 2.45) is 0 Å². The molecule has 0 aliphatic rings. The molecule has 0 aromatic heterocycles. The minimum Gasteiger partial charge on any atom is -0.396 e. The van der Waals surface area contributed by atoms with Gasteiger partial charge < -0.3 is 5.73 Å². The number of anilines is 1. The summed E-state index contributed by atoms with van der Waals surface area (Å²) < 4.78 is 13.2. The van der Waals surface area contributed by atoms with Crippen molar-refractivity contribution in [3.63, 3.8) is 0 Å². The number of nitrogens with two attached hydrogens (primary N) is 1. The van der Waals surface area contributed by atoms with Crippen LogP contribution in [0.25, 0.3) is 10.8 Å². The van der Waals surface area contributed by atoms with E-state index in [0.29, 0.717) is 11.1 Å². The number of rotatable bonds is 2. The topological polar surface area (TPSA) is 43.1 Å². The highest BCUT2D eigenvalue weighted by Crippen LogP contribution is 2.22. The van der Waals surface area contributed by atoms with Crippen LogP contribution >= 0.6 is 0 Å². The average Bonchev–Trinajstić information content (AvgIpc) is 2.49. The third kappa shape index (κ3) is 2.03.